The van der Waals surface area contributed by atoms with E-state index in [-0.39, 0.29) is 12.0 Å². The van der Waals surface area contributed by atoms with Crippen LogP contribution in [0.2, 0.25) is 0 Å². The zero-order valence-corrected chi connectivity index (χ0v) is 7.98. The second-order valence-corrected chi connectivity index (χ2v) is 3.59. The van der Waals surface area contributed by atoms with E-state index in [2.05, 4.69) is 9.32 Å². The van der Waals surface area contributed by atoms with Crippen molar-refractivity contribution in [3.05, 3.63) is 0 Å². The minimum atomic E-state index is -2.94. The van der Waals surface area contributed by atoms with Gasteiger partial charge >= 0.3 is 5.25 Å². The quantitative estimate of drug-likeness (QED) is 0.402. The molecule has 0 atom stereocenters. The maximum absolute atomic E-state index is 12.2. The van der Waals surface area contributed by atoms with E-state index in [0.29, 0.717) is 26.3 Å². The van der Waals surface area contributed by atoms with Crippen LogP contribution in [-0.2, 0) is 14.1 Å². The lowest BCUT2D eigenvalue weighted by atomic mass is 10.5. The molecule has 1 heterocycles. The Labute approximate surface area is 79.2 Å². The van der Waals surface area contributed by atoms with Gasteiger partial charge in [-0.25, -0.2) is 0 Å². The second kappa shape index (κ2) is 5.06. The van der Waals surface area contributed by atoms with Crippen LogP contribution in [0.3, 0.4) is 0 Å². The molecule has 0 aromatic carbocycles. The smallest absolute Gasteiger partial charge is 0.318 e. The first-order chi connectivity index (χ1) is 6.08. The molecule has 0 unspecified atom stereocenters. The first kappa shape index (κ1) is 11.1. The lowest BCUT2D eigenvalue weighted by Crippen LogP contribution is -2.35. The average Bonchev–Trinajstić information content (AvgIpc) is 2.04. The van der Waals surface area contributed by atoms with E-state index in [0.717, 1.165) is 6.92 Å². The molecule has 1 rings (SSSR count). The van der Waals surface area contributed by atoms with Crippen molar-refractivity contribution in [3.63, 3.8) is 0 Å². The predicted molar refractivity (Wildman–Crippen MR) is 42.8 cm³/mol. The van der Waals surface area contributed by atoms with Crippen molar-refractivity contribution in [1.82, 2.24) is 5.06 Å². The number of halogens is 2. The van der Waals surface area contributed by atoms with Crippen molar-refractivity contribution in [2.24, 2.45) is 0 Å². The van der Waals surface area contributed by atoms with Gasteiger partial charge in [-0.1, -0.05) is 0 Å². The number of morpholine rings is 1. The number of nitrogens with zero attached hydrogens (tertiary/aromatic N) is 1. The molecule has 0 aromatic heterocycles. The fraction of sp³-hybridized carbons (Fsp3) is 1.00. The van der Waals surface area contributed by atoms with Crippen LogP contribution in [0.1, 0.15) is 6.92 Å². The second-order valence-electron chi connectivity index (χ2n) is 2.58. The van der Waals surface area contributed by atoms with Crippen molar-refractivity contribution in [2.75, 3.05) is 26.3 Å². The van der Waals surface area contributed by atoms with Gasteiger partial charge in [-0.3, -0.25) is 0 Å². The highest BCUT2D eigenvalue weighted by Crippen LogP contribution is 2.28. The fourth-order valence-electron chi connectivity index (χ4n) is 0.739. The molecule has 0 spiro atoms. The Morgan fingerprint density at radius 1 is 1.38 bits per heavy atom. The van der Waals surface area contributed by atoms with Crippen LogP contribution >= 0.6 is 12.0 Å². The number of rotatable bonds is 4. The van der Waals surface area contributed by atoms with Crippen LogP contribution in [0, 0.1) is 0 Å². The molecule has 0 amide bonds. The Kier molecular flexibility index (Phi) is 4.33. The molecule has 78 valence electrons. The zero-order valence-electron chi connectivity index (χ0n) is 7.16. The molecule has 4 nitrogen and oxygen atoms in total. The maximum Gasteiger partial charge on any atom is 0.318 e. The lowest BCUT2D eigenvalue weighted by molar-refractivity contribution is -0.372. The topological polar surface area (TPSA) is 30.9 Å². The largest absolute Gasteiger partial charge is 0.379 e. The highest BCUT2D eigenvalue weighted by atomic mass is 32.2. The summed E-state index contributed by atoms with van der Waals surface area (Å²) in [4.78, 5) is 4.60. The molecule has 0 aromatic rings. The molecule has 7 heteroatoms. The van der Waals surface area contributed by atoms with E-state index in [4.69, 9.17) is 4.74 Å². The highest BCUT2D eigenvalue weighted by molar-refractivity contribution is 7.95. The van der Waals surface area contributed by atoms with Crippen LogP contribution in [0.5, 0.6) is 0 Å². The number of hydroxylamine groups is 2. The van der Waals surface area contributed by atoms with E-state index in [1.807, 2.05) is 0 Å². The zero-order chi connectivity index (χ0) is 9.73. The van der Waals surface area contributed by atoms with Crippen molar-refractivity contribution in [3.8, 4) is 0 Å². The van der Waals surface area contributed by atoms with Crippen molar-refractivity contribution < 1.29 is 22.8 Å². The summed E-state index contributed by atoms with van der Waals surface area (Å²) < 4.78 is 33.7. The number of hydrogen-bond donors (Lipinski definition) is 0. The van der Waals surface area contributed by atoms with Crippen LogP contribution in [0.15, 0.2) is 0 Å². The minimum absolute atomic E-state index is 0.0108. The van der Waals surface area contributed by atoms with Crippen LogP contribution in [0.25, 0.3) is 0 Å². The molecule has 13 heavy (non-hydrogen) atoms. The third-order valence-corrected chi connectivity index (χ3v) is 1.71. The highest BCUT2D eigenvalue weighted by Gasteiger charge is 2.25. The van der Waals surface area contributed by atoms with Crippen LogP contribution in [-0.4, -0.2) is 36.6 Å². The SMILES string of the molecule is CC(F)(F)SOON1CCOCC1. The molecule has 1 aliphatic rings. The molecule has 0 saturated carbocycles. The summed E-state index contributed by atoms with van der Waals surface area (Å²) in [5, 5.41) is -1.51. The summed E-state index contributed by atoms with van der Waals surface area (Å²) in [6, 6.07) is 0. The molecular weight excluding hydrogens is 204 g/mol. The molecule has 0 N–H and O–H groups in total. The summed E-state index contributed by atoms with van der Waals surface area (Å²) in [5.41, 5.74) is 0. The summed E-state index contributed by atoms with van der Waals surface area (Å²) >= 11 is -0.0108. The van der Waals surface area contributed by atoms with E-state index in [9.17, 15) is 8.78 Å². The normalized spacial score (nSPS) is 20.5. The molecule has 1 fully saturated rings. The average molecular weight is 215 g/mol. The predicted octanol–water partition coefficient (Wildman–Crippen LogP) is 1.44. The van der Waals surface area contributed by atoms with Gasteiger partial charge in [-0.05, 0) is 0 Å². The Morgan fingerprint density at radius 2 is 2.00 bits per heavy atom. The first-order valence-corrected chi connectivity index (χ1v) is 4.55. The molecule has 0 radical (unpaired) electrons. The van der Waals surface area contributed by atoms with E-state index in [1.54, 1.807) is 0 Å². The van der Waals surface area contributed by atoms with E-state index < -0.39 is 5.25 Å². The summed E-state index contributed by atoms with van der Waals surface area (Å²) in [6.45, 7) is 2.83. The van der Waals surface area contributed by atoms with Crippen molar-refractivity contribution >= 4 is 12.0 Å². The monoisotopic (exact) mass is 215 g/mol. The van der Waals surface area contributed by atoms with E-state index >= 15 is 0 Å². The first-order valence-electron chi connectivity index (χ1n) is 3.81. The van der Waals surface area contributed by atoms with Gasteiger partial charge in [-0.2, -0.15) is 13.8 Å². The summed E-state index contributed by atoms with van der Waals surface area (Å²) in [5.74, 6) is 0. The number of hydrogen-bond acceptors (Lipinski definition) is 5. The Bertz CT molecular complexity index is 149. The summed E-state index contributed by atoms with van der Waals surface area (Å²) in [7, 11) is 0. The minimum Gasteiger partial charge on any atom is -0.379 e. The maximum atomic E-state index is 12.2. The van der Waals surface area contributed by atoms with Gasteiger partial charge < -0.3 is 4.74 Å². The van der Waals surface area contributed by atoms with Crippen molar-refractivity contribution in [1.29, 1.82) is 0 Å². The van der Waals surface area contributed by atoms with E-state index in [1.165, 1.54) is 5.06 Å². The van der Waals surface area contributed by atoms with Gasteiger partial charge in [0.15, 0.2) is 0 Å². The molecule has 0 aliphatic carbocycles. The van der Waals surface area contributed by atoms with Gasteiger partial charge in [0, 0.05) is 6.92 Å². The number of alkyl halides is 2. The standard InChI is InChI=1S/C6H11F2NO3S/c1-6(7,8)13-12-11-9-2-4-10-5-3-9/h2-5H2,1H3. The fourth-order valence-corrected chi connectivity index (χ4v) is 0.975. The Hall–Kier alpha value is 0.0500. The third kappa shape index (κ3) is 5.37. The van der Waals surface area contributed by atoms with Gasteiger partial charge in [0.2, 0.25) is 0 Å². The molecule has 1 saturated heterocycles. The van der Waals surface area contributed by atoms with Crippen LogP contribution in [0.4, 0.5) is 8.78 Å². The Morgan fingerprint density at radius 3 is 2.54 bits per heavy atom. The Balaban J connectivity index is 2.04. The van der Waals surface area contributed by atoms with Gasteiger partial charge in [0.25, 0.3) is 0 Å². The van der Waals surface area contributed by atoms with Crippen LogP contribution < -0.4 is 0 Å². The number of ether oxygens (including phenoxy) is 1. The molecule has 0 bridgehead atoms. The van der Waals surface area contributed by atoms with Gasteiger partial charge in [0.05, 0.1) is 26.3 Å². The summed E-state index contributed by atoms with van der Waals surface area (Å²) in [6.07, 6.45) is 0. The third-order valence-electron chi connectivity index (χ3n) is 1.29. The van der Waals surface area contributed by atoms with Crippen molar-refractivity contribution in [2.45, 2.75) is 12.2 Å². The molecular formula is C6H11F2NO3S. The van der Waals surface area contributed by atoms with Gasteiger partial charge in [0.1, 0.15) is 12.0 Å². The molecule has 1 aliphatic heterocycles. The lowest BCUT2D eigenvalue weighted by Gasteiger charge is -2.23. The van der Waals surface area contributed by atoms with Gasteiger partial charge in [-0.15, -0.1) is 9.32 Å².